The Morgan fingerprint density at radius 3 is 2.14 bits per heavy atom. The van der Waals surface area contributed by atoms with Gasteiger partial charge in [-0.05, 0) is 25.7 Å². The number of hydrogen-bond donors (Lipinski definition) is 0. The van der Waals surface area contributed by atoms with Crippen LogP contribution in [0, 0.1) is 11.8 Å². The van der Waals surface area contributed by atoms with E-state index in [0.717, 1.165) is 26.1 Å². The predicted octanol–water partition coefficient (Wildman–Crippen LogP) is 2.52. The standard InChI is InChI=1S/C11H19FO2/c1-8-6-13-11(14-7-8)9-2-4-10(12)5-3-9/h8-11H,2-7H2,1H3. The second kappa shape index (κ2) is 4.58. The fraction of sp³-hybridized carbons (Fsp3) is 1.00. The largest absolute Gasteiger partial charge is 0.352 e. The number of rotatable bonds is 1. The van der Waals surface area contributed by atoms with Gasteiger partial charge >= 0.3 is 0 Å². The summed E-state index contributed by atoms with van der Waals surface area (Å²) < 4.78 is 24.1. The highest BCUT2D eigenvalue weighted by molar-refractivity contribution is 4.75. The van der Waals surface area contributed by atoms with E-state index in [0.29, 0.717) is 24.7 Å². The van der Waals surface area contributed by atoms with Crippen LogP contribution < -0.4 is 0 Å². The fourth-order valence-electron chi connectivity index (χ4n) is 2.24. The summed E-state index contributed by atoms with van der Waals surface area (Å²) in [7, 11) is 0. The molecular weight excluding hydrogens is 183 g/mol. The lowest BCUT2D eigenvalue weighted by molar-refractivity contribution is -0.226. The first-order valence-electron chi connectivity index (χ1n) is 5.63. The van der Waals surface area contributed by atoms with Crippen molar-refractivity contribution in [3.8, 4) is 0 Å². The zero-order valence-electron chi connectivity index (χ0n) is 8.75. The van der Waals surface area contributed by atoms with Gasteiger partial charge in [0, 0.05) is 11.8 Å². The third-order valence-corrected chi connectivity index (χ3v) is 3.18. The van der Waals surface area contributed by atoms with E-state index >= 15 is 0 Å². The van der Waals surface area contributed by atoms with Gasteiger partial charge in [0.1, 0.15) is 6.17 Å². The lowest BCUT2D eigenvalue weighted by Crippen LogP contribution is -2.37. The molecule has 0 aromatic rings. The number of alkyl halides is 1. The molecule has 0 atom stereocenters. The smallest absolute Gasteiger partial charge is 0.160 e. The second-order valence-corrected chi connectivity index (χ2v) is 4.65. The lowest BCUT2D eigenvalue weighted by Gasteiger charge is -2.35. The molecule has 2 rings (SSSR count). The van der Waals surface area contributed by atoms with E-state index in [9.17, 15) is 4.39 Å². The maximum atomic E-state index is 12.9. The lowest BCUT2D eigenvalue weighted by atomic mass is 9.87. The van der Waals surface area contributed by atoms with Crippen LogP contribution in [-0.2, 0) is 9.47 Å². The van der Waals surface area contributed by atoms with Crippen molar-refractivity contribution in [2.75, 3.05) is 13.2 Å². The highest BCUT2D eigenvalue weighted by atomic mass is 19.1. The van der Waals surface area contributed by atoms with E-state index in [1.54, 1.807) is 0 Å². The zero-order valence-corrected chi connectivity index (χ0v) is 8.75. The van der Waals surface area contributed by atoms with E-state index in [-0.39, 0.29) is 6.29 Å². The molecule has 0 N–H and O–H groups in total. The van der Waals surface area contributed by atoms with Crippen molar-refractivity contribution in [1.82, 2.24) is 0 Å². The van der Waals surface area contributed by atoms with Crippen molar-refractivity contribution in [2.45, 2.75) is 45.1 Å². The number of ether oxygens (including phenoxy) is 2. The molecule has 0 aromatic carbocycles. The van der Waals surface area contributed by atoms with Crippen LogP contribution in [0.25, 0.3) is 0 Å². The van der Waals surface area contributed by atoms with Gasteiger partial charge in [0.2, 0.25) is 0 Å². The Balaban J connectivity index is 1.78. The summed E-state index contributed by atoms with van der Waals surface area (Å²) in [4.78, 5) is 0. The van der Waals surface area contributed by atoms with Gasteiger partial charge in [-0.1, -0.05) is 6.92 Å². The molecular formula is C11H19FO2. The topological polar surface area (TPSA) is 18.5 Å². The molecule has 0 radical (unpaired) electrons. The molecule has 1 aliphatic carbocycles. The van der Waals surface area contributed by atoms with Crippen molar-refractivity contribution in [2.24, 2.45) is 11.8 Å². The summed E-state index contributed by atoms with van der Waals surface area (Å²) >= 11 is 0. The zero-order chi connectivity index (χ0) is 9.97. The fourth-order valence-corrected chi connectivity index (χ4v) is 2.24. The van der Waals surface area contributed by atoms with Crippen LogP contribution >= 0.6 is 0 Å². The molecule has 1 heterocycles. The van der Waals surface area contributed by atoms with Crippen LogP contribution in [0.3, 0.4) is 0 Å². The van der Waals surface area contributed by atoms with Gasteiger partial charge in [-0.2, -0.15) is 0 Å². The minimum absolute atomic E-state index is 0.0568. The Kier molecular flexibility index (Phi) is 3.39. The van der Waals surface area contributed by atoms with Crippen molar-refractivity contribution in [1.29, 1.82) is 0 Å². The summed E-state index contributed by atoms with van der Waals surface area (Å²) in [5.74, 6) is 0.929. The predicted molar refractivity (Wildman–Crippen MR) is 51.7 cm³/mol. The van der Waals surface area contributed by atoms with Gasteiger partial charge in [0.05, 0.1) is 13.2 Å². The highest BCUT2D eigenvalue weighted by Crippen LogP contribution is 2.31. The molecule has 0 unspecified atom stereocenters. The van der Waals surface area contributed by atoms with Gasteiger partial charge in [-0.15, -0.1) is 0 Å². The third-order valence-electron chi connectivity index (χ3n) is 3.18. The van der Waals surface area contributed by atoms with Crippen molar-refractivity contribution in [3.05, 3.63) is 0 Å². The first-order valence-corrected chi connectivity index (χ1v) is 5.63. The Morgan fingerprint density at radius 1 is 1.00 bits per heavy atom. The van der Waals surface area contributed by atoms with Crippen molar-refractivity contribution in [3.63, 3.8) is 0 Å². The van der Waals surface area contributed by atoms with Crippen molar-refractivity contribution >= 4 is 0 Å². The van der Waals surface area contributed by atoms with Crippen LogP contribution in [-0.4, -0.2) is 25.7 Å². The molecule has 2 fully saturated rings. The van der Waals surface area contributed by atoms with Crippen LogP contribution in [0.2, 0.25) is 0 Å². The second-order valence-electron chi connectivity index (χ2n) is 4.65. The van der Waals surface area contributed by atoms with Gasteiger partial charge < -0.3 is 9.47 Å². The number of hydrogen-bond acceptors (Lipinski definition) is 2. The molecule has 0 aromatic heterocycles. The Bertz CT molecular complexity index is 150. The molecule has 82 valence electrons. The minimum Gasteiger partial charge on any atom is -0.352 e. The summed E-state index contributed by atoms with van der Waals surface area (Å²) in [5.41, 5.74) is 0. The average Bonchev–Trinajstić information content (AvgIpc) is 2.21. The monoisotopic (exact) mass is 202 g/mol. The quantitative estimate of drug-likeness (QED) is 0.650. The van der Waals surface area contributed by atoms with E-state index in [4.69, 9.17) is 9.47 Å². The highest BCUT2D eigenvalue weighted by Gasteiger charge is 2.31. The Morgan fingerprint density at radius 2 is 1.57 bits per heavy atom. The Hall–Kier alpha value is -0.150. The average molecular weight is 202 g/mol. The Labute approximate surface area is 84.8 Å². The van der Waals surface area contributed by atoms with E-state index < -0.39 is 6.17 Å². The minimum atomic E-state index is -0.589. The molecule has 1 saturated carbocycles. The van der Waals surface area contributed by atoms with Crippen LogP contribution in [0.15, 0.2) is 0 Å². The molecule has 2 aliphatic rings. The first-order chi connectivity index (χ1) is 6.75. The molecule has 0 spiro atoms. The first kappa shape index (κ1) is 10.4. The van der Waals surface area contributed by atoms with E-state index in [2.05, 4.69) is 6.92 Å². The van der Waals surface area contributed by atoms with Crippen molar-refractivity contribution < 1.29 is 13.9 Å². The summed E-state index contributed by atoms with van der Waals surface area (Å²) in [5, 5.41) is 0. The molecule has 0 bridgehead atoms. The SMILES string of the molecule is CC1COC(C2CCC(F)CC2)OC1. The number of halogens is 1. The van der Waals surface area contributed by atoms with Crippen LogP contribution in [0.1, 0.15) is 32.6 Å². The van der Waals surface area contributed by atoms with Crippen LogP contribution in [0.4, 0.5) is 4.39 Å². The van der Waals surface area contributed by atoms with Gasteiger partial charge in [0.25, 0.3) is 0 Å². The maximum Gasteiger partial charge on any atom is 0.160 e. The van der Waals surface area contributed by atoms with E-state index in [1.807, 2.05) is 0 Å². The van der Waals surface area contributed by atoms with E-state index in [1.165, 1.54) is 0 Å². The molecule has 1 saturated heterocycles. The molecule has 1 aliphatic heterocycles. The molecule has 14 heavy (non-hydrogen) atoms. The summed E-state index contributed by atoms with van der Waals surface area (Å²) in [6.07, 6.45) is 2.56. The maximum absolute atomic E-state index is 12.9. The third kappa shape index (κ3) is 2.45. The summed E-state index contributed by atoms with van der Waals surface area (Å²) in [6, 6.07) is 0. The molecule has 2 nitrogen and oxygen atoms in total. The molecule has 0 amide bonds. The normalized spacial score (nSPS) is 45.0. The van der Waals surface area contributed by atoms with Gasteiger partial charge in [-0.3, -0.25) is 0 Å². The molecule has 3 heteroatoms. The van der Waals surface area contributed by atoms with Gasteiger partial charge in [0.15, 0.2) is 6.29 Å². The van der Waals surface area contributed by atoms with Crippen LogP contribution in [0.5, 0.6) is 0 Å². The van der Waals surface area contributed by atoms with Gasteiger partial charge in [-0.25, -0.2) is 4.39 Å². The summed E-state index contributed by atoms with van der Waals surface area (Å²) in [6.45, 7) is 3.70.